The number of amides is 1. The maximum absolute atomic E-state index is 13.5. The first-order valence-electron chi connectivity index (χ1n) is 9.64. The average molecular weight is 429 g/mol. The minimum Gasteiger partial charge on any atom is -0.507 e. The van der Waals surface area contributed by atoms with E-state index in [1.165, 1.54) is 40.5 Å². The molecule has 1 amide bonds. The molecule has 1 aromatic heterocycles. The summed E-state index contributed by atoms with van der Waals surface area (Å²) in [5.41, 5.74) is 0.892. The Morgan fingerprint density at radius 2 is 1.65 bits per heavy atom. The highest BCUT2D eigenvalue weighted by molar-refractivity contribution is 7.10. The molecule has 6 heteroatoms. The van der Waals surface area contributed by atoms with Gasteiger partial charge in [0.1, 0.15) is 17.6 Å². The van der Waals surface area contributed by atoms with E-state index in [2.05, 4.69) is 0 Å². The molecule has 1 fully saturated rings. The number of Topliss-reactive ketones (excluding diaryl/α,β-unsaturated/α-hetero) is 1. The summed E-state index contributed by atoms with van der Waals surface area (Å²) in [6.07, 6.45) is 0. The van der Waals surface area contributed by atoms with Crippen LogP contribution in [0.2, 0.25) is 0 Å². The predicted octanol–water partition coefficient (Wildman–Crippen LogP) is 5.67. The van der Waals surface area contributed by atoms with Gasteiger partial charge in [0.2, 0.25) is 0 Å². The van der Waals surface area contributed by atoms with E-state index in [1.807, 2.05) is 47.8 Å². The summed E-state index contributed by atoms with van der Waals surface area (Å²) in [5.74, 6) is -2.19. The second-order valence-corrected chi connectivity index (χ2v) is 8.17. The van der Waals surface area contributed by atoms with Gasteiger partial charge >= 0.3 is 0 Å². The number of aliphatic hydroxyl groups is 1. The topological polar surface area (TPSA) is 57.6 Å². The molecule has 4 aromatic rings. The number of carbonyl (C=O) groups excluding carboxylic acids is 2. The molecule has 1 aliphatic rings. The molecule has 4 nitrogen and oxygen atoms in total. The monoisotopic (exact) mass is 429 g/mol. The van der Waals surface area contributed by atoms with Crippen molar-refractivity contribution in [3.05, 3.63) is 106 Å². The van der Waals surface area contributed by atoms with Crippen LogP contribution in [0.4, 0.5) is 10.1 Å². The van der Waals surface area contributed by atoms with E-state index in [1.54, 1.807) is 12.1 Å². The second-order valence-electron chi connectivity index (χ2n) is 7.19. The van der Waals surface area contributed by atoms with Crippen LogP contribution >= 0.6 is 11.3 Å². The number of benzene rings is 3. The van der Waals surface area contributed by atoms with Gasteiger partial charge in [-0.1, -0.05) is 48.5 Å². The number of anilines is 1. The zero-order valence-corrected chi connectivity index (χ0v) is 17.0. The quantitative estimate of drug-likeness (QED) is 0.259. The van der Waals surface area contributed by atoms with Crippen LogP contribution in [-0.2, 0) is 9.59 Å². The maximum Gasteiger partial charge on any atom is 0.300 e. The van der Waals surface area contributed by atoms with Gasteiger partial charge in [-0.15, -0.1) is 11.3 Å². The highest BCUT2D eigenvalue weighted by Gasteiger charge is 2.47. The van der Waals surface area contributed by atoms with E-state index in [9.17, 15) is 19.1 Å². The molecule has 3 aromatic carbocycles. The largest absolute Gasteiger partial charge is 0.507 e. The van der Waals surface area contributed by atoms with Crippen molar-refractivity contribution in [2.75, 3.05) is 4.90 Å². The van der Waals surface area contributed by atoms with Crippen LogP contribution in [0, 0.1) is 5.82 Å². The number of thiophene rings is 1. The Balaban J connectivity index is 1.76. The normalized spacial score (nSPS) is 18.1. The first kappa shape index (κ1) is 19.2. The van der Waals surface area contributed by atoms with E-state index in [4.69, 9.17) is 0 Å². The molecule has 0 radical (unpaired) electrons. The van der Waals surface area contributed by atoms with Crippen LogP contribution in [-0.4, -0.2) is 16.8 Å². The number of rotatable bonds is 3. The molecule has 1 atom stereocenters. The van der Waals surface area contributed by atoms with Gasteiger partial charge < -0.3 is 5.11 Å². The Labute approximate surface area is 181 Å². The fourth-order valence-corrected chi connectivity index (χ4v) is 4.82. The predicted molar refractivity (Wildman–Crippen MR) is 119 cm³/mol. The average Bonchev–Trinajstić information content (AvgIpc) is 3.41. The SMILES string of the molecule is O=C1C(=O)N(c2ccc(F)cc2)C(c2cccs2)/C1=C(/O)c1cccc2ccccc12. The lowest BCUT2D eigenvalue weighted by molar-refractivity contribution is -0.132. The van der Waals surface area contributed by atoms with Crippen molar-refractivity contribution in [1.82, 2.24) is 0 Å². The highest BCUT2D eigenvalue weighted by atomic mass is 32.1. The lowest BCUT2D eigenvalue weighted by atomic mass is 9.96. The van der Waals surface area contributed by atoms with Crippen molar-refractivity contribution < 1.29 is 19.1 Å². The van der Waals surface area contributed by atoms with Crippen molar-refractivity contribution in [2.45, 2.75) is 6.04 Å². The number of hydrogen-bond acceptors (Lipinski definition) is 4. The number of halogens is 1. The number of carbonyl (C=O) groups is 2. The van der Waals surface area contributed by atoms with Crippen molar-refractivity contribution >= 4 is 45.2 Å². The smallest absolute Gasteiger partial charge is 0.300 e. The third-order valence-electron chi connectivity index (χ3n) is 5.41. The van der Waals surface area contributed by atoms with Crippen molar-refractivity contribution in [1.29, 1.82) is 0 Å². The summed E-state index contributed by atoms with van der Waals surface area (Å²) < 4.78 is 13.5. The van der Waals surface area contributed by atoms with Gasteiger partial charge in [-0.3, -0.25) is 14.5 Å². The molecule has 0 aliphatic carbocycles. The summed E-state index contributed by atoms with van der Waals surface area (Å²) in [4.78, 5) is 28.2. The summed E-state index contributed by atoms with van der Waals surface area (Å²) in [6, 6.07) is 21.2. The number of fused-ring (bicyclic) bond motifs is 1. The standard InChI is InChI=1S/C25H16FNO3S/c26-16-10-12-17(13-11-16)27-22(20-9-4-14-31-20)21(24(29)25(27)30)23(28)19-8-3-6-15-5-1-2-7-18(15)19/h1-14,22,28H/b23-21-. The van der Waals surface area contributed by atoms with Gasteiger partial charge in [0.25, 0.3) is 11.7 Å². The summed E-state index contributed by atoms with van der Waals surface area (Å²) in [6.45, 7) is 0. The van der Waals surface area contributed by atoms with Crippen LogP contribution in [0.15, 0.2) is 89.8 Å². The zero-order valence-electron chi connectivity index (χ0n) is 16.2. The van der Waals surface area contributed by atoms with Gasteiger partial charge in [-0.25, -0.2) is 4.39 Å². The Kier molecular flexibility index (Phi) is 4.64. The first-order chi connectivity index (χ1) is 15.1. The number of aliphatic hydroxyl groups excluding tert-OH is 1. The molecular weight excluding hydrogens is 413 g/mol. The Morgan fingerprint density at radius 3 is 2.39 bits per heavy atom. The fraction of sp³-hybridized carbons (Fsp3) is 0.0400. The van der Waals surface area contributed by atoms with Crippen LogP contribution in [0.25, 0.3) is 16.5 Å². The van der Waals surface area contributed by atoms with E-state index < -0.39 is 23.5 Å². The zero-order chi connectivity index (χ0) is 21.5. The molecule has 5 rings (SSSR count). The first-order valence-corrected chi connectivity index (χ1v) is 10.5. The van der Waals surface area contributed by atoms with Crippen molar-refractivity contribution in [3.63, 3.8) is 0 Å². The van der Waals surface area contributed by atoms with Crippen LogP contribution < -0.4 is 4.90 Å². The molecule has 1 unspecified atom stereocenters. The summed E-state index contributed by atoms with van der Waals surface area (Å²) in [5, 5.41) is 14.8. The third-order valence-corrected chi connectivity index (χ3v) is 6.33. The van der Waals surface area contributed by atoms with E-state index in [-0.39, 0.29) is 11.3 Å². The lowest BCUT2D eigenvalue weighted by Crippen LogP contribution is -2.29. The van der Waals surface area contributed by atoms with Crippen LogP contribution in [0.3, 0.4) is 0 Å². The maximum atomic E-state index is 13.5. The molecule has 1 N–H and O–H groups in total. The summed E-state index contributed by atoms with van der Waals surface area (Å²) >= 11 is 1.38. The molecule has 1 aliphatic heterocycles. The molecule has 0 saturated carbocycles. The van der Waals surface area contributed by atoms with Gasteiger partial charge in [-0.2, -0.15) is 0 Å². The second kappa shape index (κ2) is 7.49. The van der Waals surface area contributed by atoms with Crippen LogP contribution in [0.1, 0.15) is 16.5 Å². The number of hydrogen-bond donors (Lipinski definition) is 1. The van der Waals surface area contributed by atoms with Crippen LogP contribution in [0.5, 0.6) is 0 Å². The summed E-state index contributed by atoms with van der Waals surface area (Å²) in [7, 11) is 0. The molecule has 31 heavy (non-hydrogen) atoms. The molecule has 152 valence electrons. The minimum atomic E-state index is -0.801. The Hall–Kier alpha value is -3.77. The van der Waals surface area contributed by atoms with Crippen molar-refractivity contribution in [3.8, 4) is 0 Å². The molecular formula is C25H16FNO3S. The van der Waals surface area contributed by atoms with E-state index in [0.29, 0.717) is 11.3 Å². The molecule has 1 saturated heterocycles. The van der Waals surface area contributed by atoms with E-state index in [0.717, 1.165) is 15.6 Å². The van der Waals surface area contributed by atoms with E-state index >= 15 is 0 Å². The third kappa shape index (κ3) is 3.12. The van der Waals surface area contributed by atoms with Gasteiger partial charge in [0.15, 0.2) is 0 Å². The lowest BCUT2D eigenvalue weighted by Gasteiger charge is -2.24. The minimum absolute atomic E-state index is 0.0214. The molecule has 0 spiro atoms. The number of nitrogens with zero attached hydrogens (tertiary/aromatic N) is 1. The highest BCUT2D eigenvalue weighted by Crippen LogP contribution is 2.44. The number of ketones is 1. The van der Waals surface area contributed by atoms with Gasteiger partial charge in [0, 0.05) is 16.1 Å². The fourth-order valence-electron chi connectivity index (χ4n) is 3.99. The van der Waals surface area contributed by atoms with Gasteiger partial charge in [0.05, 0.1) is 5.57 Å². The molecule has 0 bridgehead atoms. The molecule has 2 heterocycles. The Bertz CT molecular complexity index is 1340. The van der Waals surface area contributed by atoms with Crippen molar-refractivity contribution in [2.24, 2.45) is 0 Å². The van der Waals surface area contributed by atoms with Gasteiger partial charge in [-0.05, 0) is 46.5 Å². The Morgan fingerprint density at radius 1 is 0.903 bits per heavy atom.